The highest BCUT2D eigenvalue weighted by Gasteiger charge is 2.26. The lowest BCUT2D eigenvalue weighted by Gasteiger charge is -2.10. The number of nitrogens with one attached hydrogen (secondary N) is 1. The molecule has 166 valence electrons. The van der Waals surface area contributed by atoms with Crippen LogP contribution in [-0.2, 0) is 13.5 Å². The number of anilines is 2. The zero-order chi connectivity index (χ0) is 22.4. The van der Waals surface area contributed by atoms with Crippen LogP contribution in [0.15, 0.2) is 47.2 Å². The molecule has 11 nitrogen and oxygen atoms in total. The Morgan fingerprint density at radius 2 is 2.09 bits per heavy atom. The lowest BCUT2D eigenvalue weighted by Crippen LogP contribution is -2.07. The fourth-order valence-electron chi connectivity index (χ4n) is 4.10. The second-order valence-electron chi connectivity index (χ2n) is 8.04. The second kappa shape index (κ2) is 7.69. The molecule has 0 saturated heterocycles. The Morgan fingerprint density at radius 1 is 1.15 bits per heavy atom. The number of hydrogen-bond acceptors (Lipinski definition) is 9. The van der Waals surface area contributed by atoms with Gasteiger partial charge in [-0.25, -0.2) is 14.4 Å². The van der Waals surface area contributed by atoms with Gasteiger partial charge in [-0.1, -0.05) is 5.16 Å². The van der Waals surface area contributed by atoms with Crippen molar-refractivity contribution in [3.8, 4) is 17.1 Å². The molecule has 0 radical (unpaired) electrons. The van der Waals surface area contributed by atoms with Crippen molar-refractivity contribution in [2.75, 3.05) is 11.9 Å². The maximum absolute atomic E-state index is 6.11. The summed E-state index contributed by atoms with van der Waals surface area (Å²) >= 11 is 0. The molecule has 0 unspecified atom stereocenters. The minimum atomic E-state index is 0.119. The summed E-state index contributed by atoms with van der Waals surface area (Å²) in [5.41, 5.74) is 3.20. The second-order valence-corrected chi connectivity index (χ2v) is 8.04. The van der Waals surface area contributed by atoms with Crippen molar-refractivity contribution < 1.29 is 9.26 Å². The van der Waals surface area contributed by atoms with E-state index < -0.39 is 0 Å². The van der Waals surface area contributed by atoms with E-state index in [4.69, 9.17) is 9.26 Å². The van der Waals surface area contributed by atoms with Crippen LogP contribution in [0.25, 0.3) is 16.9 Å². The first-order valence-corrected chi connectivity index (χ1v) is 10.7. The predicted octanol–water partition coefficient (Wildman–Crippen LogP) is 3.07. The van der Waals surface area contributed by atoms with Crippen molar-refractivity contribution in [3.63, 3.8) is 0 Å². The zero-order valence-corrected chi connectivity index (χ0v) is 18.1. The first kappa shape index (κ1) is 19.4. The summed E-state index contributed by atoms with van der Waals surface area (Å²) in [6.45, 7) is 2.48. The average Bonchev–Trinajstić information content (AvgIpc) is 3.50. The van der Waals surface area contributed by atoms with Gasteiger partial charge in [-0.05, 0) is 25.5 Å². The quantitative estimate of drug-likeness (QED) is 0.437. The van der Waals surface area contributed by atoms with Gasteiger partial charge in [0.25, 0.3) is 0 Å². The molecule has 0 bridgehead atoms. The molecule has 0 aliphatic carbocycles. The van der Waals surface area contributed by atoms with E-state index in [9.17, 15) is 0 Å². The van der Waals surface area contributed by atoms with Crippen LogP contribution in [0.1, 0.15) is 29.6 Å². The lowest BCUT2D eigenvalue weighted by molar-refractivity contribution is 0.292. The van der Waals surface area contributed by atoms with Gasteiger partial charge in [0.2, 0.25) is 11.8 Å². The molecule has 1 aliphatic rings. The van der Waals surface area contributed by atoms with Gasteiger partial charge in [0, 0.05) is 49.3 Å². The summed E-state index contributed by atoms with van der Waals surface area (Å²) in [4.78, 5) is 8.99. The molecule has 0 aromatic carbocycles. The third-order valence-electron chi connectivity index (χ3n) is 5.71. The maximum Gasteiger partial charge on any atom is 0.228 e. The normalized spacial score (nSPS) is 15.4. The van der Waals surface area contributed by atoms with E-state index in [1.807, 2.05) is 48.7 Å². The van der Waals surface area contributed by atoms with Gasteiger partial charge in [-0.15, -0.1) is 10.2 Å². The largest absolute Gasteiger partial charge is 0.478 e. The number of rotatable bonds is 5. The summed E-state index contributed by atoms with van der Waals surface area (Å²) in [5.74, 6) is 3.79. The first-order valence-electron chi connectivity index (χ1n) is 10.7. The number of pyridine rings is 1. The Morgan fingerprint density at radius 3 is 2.91 bits per heavy atom. The van der Waals surface area contributed by atoms with Crippen LogP contribution in [-0.4, -0.2) is 46.1 Å². The Labute approximate surface area is 188 Å². The van der Waals surface area contributed by atoms with Crippen LogP contribution in [0.3, 0.4) is 0 Å². The van der Waals surface area contributed by atoms with Crippen LogP contribution < -0.4 is 10.1 Å². The third kappa shape index (κ3) is 3.56. The van der Waals surface area contributed by atoms with Crippen molar-refractivity contribution in [2.45, 2.75) is 25.7 Å². The molecule has 1 N–H and O–H groups in total. The highest BCUT2D eigenvalue weighted by molar-refractivity contribution is 5.67. The van der Waals surface area contributed by atoms with Crippen LogP contribution >= 0.6 is 0 Å². The van der Waals surface area contributed by atoms with E-state index >= 15 is 0 Å². The predicted molar refractivity (Wildman–Crippen MR) is 118 cm³/mol. The van der Waals surface area contributed by atoms with Gasteiger partial charge in [0.05, 0.1) is 24.2 Å². The van der Waals surface area contributed by atoms with Crippen LogP contribution in [0.2, 0.25) is 0 Å². The van der Waals surface area contributed by atoms with E-state index in [-0.39, 0.29) is 5.92 Å². The van der Waals surface area contributed by atoms with E-state index in [0.29, 0.717) is 30.5 Å². The maximum atomic E-state index is 6.11. The van der Waals surface area contributed by atoms with E-state index in [2.05, 4.69) is 35.7 Å². The Hall–Kier alpha value is -4.28. The summed E-state index contributed by atoms with van der Waals surface area (Å²) in [6.07, 6.45) is 4.93. The number of hydrogen-bond donors (Lipinski definition) is 1. The minimum Gasteiger partial charge on any atom is -0.478 e. The highest BCUT2D eigenvalue weighted by Crippen LogP contribution is 2.33. The van der Waals surface area contributed by atoms with Crippen LogP contribution in [0.5, 0.6) is 5.88 Å². The molecule has 11 heteroatoms. The summed E-state index contributed by atoms with van der Waals surface area (Å²) < 4.78 is 15.2. The molecule has 5 aromatic rings. The van der Waals surface area contributed by atoms with Gasteiger partial charge in [-0.3, -0.25) is 4.68 Å². The molecule has 5 aromatic heterocycles. The van der Waals surface area contributed by atoms with Crippen molar-refractivity contribution in [3.05, 3.63) is 60.0 Å². The van der Waals surface area contributed by atoms with Crippen molar-refractivity contribution in [1.82, 2.24) is 39.5 Å². The molecule has 0 spiro atoms. The van der Waals surface area contributed by atoms with Gasteiger partial charge in [0.15, 0.2) is 5.65 Å². The first-order chi connectivity index (χ1) is 16.1. The average molecular weight is 443 g/mol. The Kier molecular flexibility index (Phi) is 4.52. The van der Waals surface area contributed by atoms with Crippen LogP contribution in [0, 0.1) is 6.92 Å². The van der Waals surface area contributed by atoms with E-state index in [1.165, 1.54) is 0 Å². The molecular formula is C22H21N9O2. The Balaban J connectivity index is 1.35. The SMILES string of the molecule is Cc1cc(C[C@@H]2CCOc3cc(-c4ccnc(Nc5ccnn5C)n4)cc4nnc2n34)on1. The summed E-state index contributed by atoms with van der Waals surface area (Å²) in [5, 5.41) is 20.3. The monoisotopic (exact) mass is 443 g/mol. The number of nitrogens with zero attached hydrogens (tertiary/aromatic N) is 8. The summed E-state index contributed by atoms with van der Waals surface area (Å²) in [6, 6.07) is 9.60. The fraction of sp³-hybridized carbons (Fsp3) is 0.273. The topological polar surface area (TPSA) is 121 Å². The van der Waals surface area contributed by atoms with Gasteiger partial charge in [-0.2, -0.15) is 5.10 Å². The molecule has 1 atom stereocenters. The van der Waals surface area contributed by atoms with E-state index in [0.717, 1.165) is 40.8 Å². The number of aryl methyl sites for hydroxylation is 2. The molecule has 0 amide bonds. The van der Waals surface area contributed by atoms with Gasteiger partial charge in [0.1, 0.15) is 17.4 Å². The van der Waals surface area contributed by atoms with E-state index in [1.54, 1.807) is 17.1 Å². The standard InChI is InChI=1S/C22H21N9O2/c1-13-9-16(33-29-13)10-14-5-8-32-20-12-15(11-19-27-28-21(14)31(19)20)17-3-6-23-22(25-17)26-18-4-7-24-30(18)2/h3-4,6-7,9,11-12,14H,5,8,10H2,1-2H3,(H,23,25,26)/t14-/m0/s1. The number of ether oxygens (including phenoxy) is 1. The number of aromatic nitrogens is 8. The molecule has 33 heavy (non-hydrogen) atoms. The third-order valence-corrected chi connectivity index (χ3v) is 5.71. The molecule has 6 heterocycles. The Bertz CT molecular complexity index is 1450. The zero-order valence-electron chi connectivity index (χ0n) is 18.1. The van der Waals surface area contributed by atoms with Crippen molar-refractivity contribution >= 4 is 17.4 Å². The molecule has 1 aliphatic heterocycles. The highest BCUT2D eigenvalue weighted by atomic mass is 16.5. The van der Waals surface area contributed by atoms with Gasteiger partial charge >= 0.3 is 0 Å². The summed E-state index contributed by atoms with van der Waals surface area (Å²) in [7, 11) is 1.85. The molecule has 6 rings (SSSR count). The molecule has 0 fully saturated rings. The van der Waals surface area contributed by atoms with Crippen LogP contribution in [0.4, 0.5) is 11.8 Å². The van der Waals surface area contributed by atoms with Crippen molar-refractivity contribution in [1.29, 1.82) is 0 Å². The smallest absolute Gasteiger partial charge is 0.228 e. The van der Waals surface area contributed by atoms with Crippen molar-refractivity contribution in [2.24, 2.45) is 7.05 Å². The lowest BCUT2D eigenvalue weighted by atomic mass is 9.99. The minimum absolute atomic E-state index is 0.119. The molecular weight excluding hydrogens is 422 g/mol. The molecule has 0 saturated carbocycles. The van der Waals surface area contributed by atoms with Gasteiger partial charge < -0.3 is 14.6 Å². The fourth-order valence-corrected chi connectivity index (χ4v) is 4.10.